The normalized spacial score (nSPS) is 22.9. The minimum atomic E-state index is -0.0576. The van der Waals surface area contributed by atoms with Crippen molar-refractivity contribution in [3.05, 3.63) is 48.5 Å². The van der Waals surface area contributed by atoms with Crippen molar-refractivity contribution in [1.29, 1.82) is 0 Å². The van der Waals surface area contributed by atoms with Gasteiger partial charge in [-0.3, -0.25) is 9.78 Å². The first-order valence-electron chi connectivity index (χ1n) is 10.0. The van der Waals surface area contributed by atoms with Gasteiger partial charge in [-0.1, -0.05) is 6.07 Å². The molecule has 0 saturated carbocycles. The van der Waals surface area contributed by atoms with Crippen LogP contribution in [0.2, 0.25) is 0 Å². The van der Waals surface area contributed by atoms with Gasteiger partial charge in [0.25, 0.3) is 0 Å². The van der Waals surface area contributed by atoms with Gasteiger partial charge in [-0.2, -0.15) is 0 Å². The number of piperidine rings is 1. The third-order valence-corrected chi connectivity index (χ3v) is 5.64. The molecule has 2 aromatic heterocycles. The first-order valence-corrected chi connectivity index (χ1v) is 10.0. The first-order chi connectivity index (χ1) is 13.7. The molecule has 1 spiro atoms. The fraction of sp³-hybridized carbons (Fsp3) is 0.524. The fourth-order valence-corrected chi connectivity index (χ4v) is 4.24. The Morgan fingerprint density at radius 1 is 1.14 bits per heavy atom. The second-order valence-electron chi connectivity index (χ2n) is 7.80. The highest BCUT2D eigenvalue weighted by Gasteiger charge is 2.40. The van der Waals surface area contributed by atoms with Crippen LogP contribution < -0.4 is 4.90 Å². The number of amides is 1. The van der Waals surface area contributed by atoms with Gasteiger partial charge in [0.2, 0.25) is 11.9 Å². The summed E-state index contributed by atoms with van der Waals surface area (Å²) >= 11 is 0. The van der Waals surface area contributed by atoms with Crippen molar-refractivity contribution in [2.45, 2.75) is 25.7 Å². The third kappa shape index (κ3) is 4.47. The third-order valence-electron chi connectivity index (χ3n) is 5.64. The van der Waals surface area contributed by atoms with Crippen molar-refractivity contribution in [1.82, 2.24) is 19.9 Å². The van der Waals surface area contributed by atoms with Gasteiger partial charge in [-0.05, 0) is 37.0 Å². The minimum absolute atomic E-state index is 0.0576. The molecule has 0 bridgehead atoms. The number of carbonyl (C=O) groups excluding carboxylic acids is 1. The van der Waals surface area contributed by atoms with E-state index in [-0.39, 0.29) is 11.3 Å². The number of anilines is 1. The molecule has 0 unspecified atom stereocenters. The molecule has 2 aliphatic rings. The highest BCUT2D eigenvalue weighted by Crippen LogP contribution is 2.34. The van der Waals surface area contributed by atoms with E-state index in [2.05, 4.69) is 19.9 Å². The molecular formula is C21H27N5O2. The molecule has 2 aromatic rings. The maximum atomic E-state index is 12.9. The molecular weight excluding hydrogens is 354 g/mol. The SMILES string of the molecule is O=C(CCc1cccnc1)N1CCC[C@@]2(COCCN(c3ncccn3)C2)C1. The lowest BCUT2D eigenvalue weighted by Gasteiger charge is -2.43. The Morgan fingerprint density at radius 2 is 2.04 bits per heavy atom. The summed E-state index contributed by atoms with van der Waals surface area (Å²) in [4.78, 5) is 30.0. The average molecular weight is 381 g/mol. The number of pyridine rings is 1. The van der Waals surface area contributed by atoms with E-state index in [0.29, 0.717) is 19.6 Å². The summed E-state index contributed by atoms with van der Waals surface area (Å²) < 4.78 is 5.95. The summed E-state index contributed by atoms with van der Waals surface area (Å²) in [7, 11) is 0. The van der Waals surface area contributed by atoms with Gasteiger partial charge in [0.05, 0.1) is 13.2 Å². The van der Waals surface area contributed by atoms with E-state index in [0.717, 1.165) is 57.0 Å². The van der Waals surface area contributed by atoms with Crippen molar-refractivity contribution in [2.75, 3.05) is 44.3 Å². The van der Waals surface area contributed by atoms with Crippen LogP contribution in [0, 0.1) is 5.41 Å². The lowest BCUT2D eigenvalue weighted by atomic mass is 9.80. The summed E-state index contributed by atoms with van der Waals surface area (Å²) in [5.74, 6) is 0.960. The van der Waals surface area contributed by atoms with Crippen molar-refractivity contribution >= 4 is 11.9 Å². The fourth-order valence-electron chi connectivity index (χ4n) is 4.24. The molecule has 1 amide bonds. The van der Waals surface area contributed by atoms with Crippen molar-refractivity contribution in [3.8, 4) is 0 Å². The Bertz CT molecular complexity index is 773. The van der Waals surface area contributed by atoms with Gasteiger partial charge in [-0.15, -0.1) is 0 Å². The molecule has 0 N–H and O–H groups in total. The summed E-state index contributed by atoms with van der Waals surface area (Å²) in [5, 5.41) is 0. The Balaban J connectivity index is 1.41. The Hall–Kier alpha value is -2.54. The largest absolute Gasteiger partial charge is 0.379 e. The van der Waals surface area contributed by atoms with E-state index in [1.54, 1.807) is 18.6 Å². The molecule has 2 aliphatic heterocycles. The molecule has 28 heavy (non-hydrogen) atoms. The van der Waals surface area contributed by atoms with Gasteiger partial charge < -0.3 is 14.5 Å². The van der Waals surface area contributed by atoms with Crippen molar-refractivity contribution in [3.63, 3.8) is 0 Å². The topological polar surface area (TPSA) is 71.5 Å². The Kier molecular flexibility index (Phi) is 5.81. The zero-order chi connectivity index (χ0) is 19.2. The second kappa shape index (κ2) is 8.65. The summed E-state index contributed by atoms with van der Waals surface area (Å²) in [6.45, 7) is 4.51. The number of hydrogen-bond acceptors (Lipinski definition) is 6. The zero-order valence-corrected chi connectivity index (χ0v) is 16.2. The molecule has 2 saturated heterocycles. The Morgan fingerprint density at radius 3 is 2.86 bits per heavy atom. The number of hydrogen-bond donors (Lipinski definition) is 0. The van der Waals surface area contributed by atoms with E-state index >= 15 is 0 Å². The van der Waals surface area contributed by atoms with Crippen LogP contribution in [0.1, 0.15) is 24.8 Å². The Labute approximate surface area is 165 Å². The molecule has 4 rings (SSSR count). The van der Waals surface area contributed by atoms with E-state index in [1.165, 1.54) is 0 Å². The van der Waals surface area contributed by atoms with Crippen LogP contribution in [0.5, 0.6) is 0 Å². The number of carbonyl (C=O) groups is 1. The average Bonchev–Trinajstić information content (AvgIpc) is 2.96. The minimum Gasteiger partial charge on any atom is -0.379 e. The first kappa shape index (κ1) is 18.8. The molecule has 0 aromatic carbocycles. The maximum absolute atomic E-state index is 12.9. The van der Waals surface area contributed by atoms with Crippen molar-refractivity contribution < 1.29 is 9.53 Å². The van der Waals surface area contributed by atoms with Gasteiger partial charge in [0, 0.05) is 62.8 Å². The predicted octanol–water partition coefficient (Wildman–Crippen LogP) is 1.95. The number of aryl methyl sites for hydroxylation is 1. The highest BCUT2D eigenvalue weighted by atomic mass is 16.5. The van der Waals surface area contributed by atoms with Crippen LogP contribution in [0.15, 0.2) is 43.0 Å². The van der Waals surface area contributed by atoms with Gasteiger partial charge >= 0.3 is 0 Å². The summed E-state index contributed by atoms with van der Waals surface area (Å²) in [5.41, 5.74) is 1.05. The second-order valence-corrected chi connectivity index (χ2v) is 7.80. The van der Waals surface area contributed by atoms with Crippen LogP contribution in [-0.2, 0) is 16.0 Å². The molecule has 148 valence electrons. The maximum Gasteiger partial charge on any atom is 0.225 e. The smallest absolute Gasteiger partial charge is 0.225 e. The van der Waals surface area contributed by atoms with Gasteiger partial charge in [0.15, 0.2) is 0 Å². The molecule has 1 atom stereocenters. The van der Waals surface area contributed by atoms with Crippen LogP contribution in [0.25, 0.3) is 0 Å². The molecule has 2 fully saturated rings. The molecule has 4 heterocycles. The lowest BCUT2D eigenvalue weighted by molar-refractivity contribution is -0.135. The van der Waals surface area contributed by atoms with Crippen LogP contribution in [0.4, 0.5) is 5.95 Å². The number of rotatable bonds is 4. The molecule has 0 aliphatic carbocycles. The monoisotopic (exact) mass is 381 g/mol. The standard InChI is InChI=1S/C21H27N5O2/c27-19(6-5-18-4-1-8-22-14-18)25-11-2-7-21(15-25)16-26(12-13-28-17-21)20-23-9-3-10-24-20/h1,3-4,8-10,14H,2,5-7,11-13,15-17H2/t21-/m1/s1. The van der Waals surface area contributed by atoms with E-state index < -0.39 is 0 Å². The van der Waals surface area contributed by atoms with Crippen LogP contribution >= 0.6 is 0 Å². The van der Waals surface area contributed by atoms with Crippen molar-refractivity contribution in [2.24, 2.45) is 5.41 Å². The number of likely N-dealkylation sites (tertiary alicyclic amines) is 1. The van der Waals surface area contributed by atoms with Crippen LogP contribution in [0.3, 0.4) is 0 Å². The number of nitrogens with zero attached hydrogens (tertiary/aromatic N) is 5. The van der Waals surface area contributed by atoms with Gasteiger partial charge in [-0.25, -0.2) is 9.97 Å². The van der Waals surface area contributed by atoms with Crippen LogP contribution in [-0.4, -0.2) is 65.2 Å². The highest BCUT2D eigenvalue weighted by molar-refractivity contribution is 5.76. The van der Waals surface area contributed by atoms with E-state index in [9.17, 15) is 4.79 Å². The van der Waals surface area contributed by atoms with Gasteiger partial charge in [0.1, 0.15) is 0 Å². The number of ether oxygens (including phenoxy) is 1. The quantitative estimate of drug-likeness (QED) is 0.806. The number of aromatic nitrogens is 3. The summed E-state index contributed by atoms with van der Waals surface area (Å²) in [6, 6.07) is 5.77. The molecule has 0 radical (unpaired) electrons. The predicted molar refractivity (Wildman–Crippen MR) is 106 cm³/mol. The molecule has 7 nitrogen and oxygen atoms in total. The lowest BCUT2D eigenvalue weighted by Crippen LogP contribution is -2.52. The van der Waals surface area contributed by atoms with E-state index in [1.807, 2.05) is 29.3 Å². The summed E-state index contributed by atoms with van der Waals surface area (Å²) in [6.07, 6.45) is 10.5. The zero-order valence-electron chi connectivity index (χ0n) is 16.2. The molecule has 7 heteroatoms. The van der Waals surface area contributed by atoms with E-state index in [4.69, 9.17) is 4.74 Å².